The highest BCUT2D eigenvalue weighted by Crippen LogP contribution is 2.22. The van der Waals surface area contributed by atoms with Crippen molar-refractivity contribution in [3.63, 3.8) is 0 Å². The molecule has 0 saturated carbocycles. The molecule has 0 aliphatic carbocycles. The summed E-state index contributed by atoms with van der Waals surface area (Å²) in [5.74, 6) is 0.791. The summed E-state index contributed by atoms with van der Waals surface area (Å²) in [4.78, 5) is 19.7. The first-order valence-electron chi connectivity index (χ1n) is 11.2. The zero-order valence-corrected chi connectivity index (χ0v) is 19.7. The number of likely N-dealkylation sites (tertiary alicyclic amines) is 1. The van der Waals surface area contributed by atoms with E-state index in [4.69, 9.17) is 5.14 Å². The molecule has 0 unspecified atom stereocenters. The van der Waals surface area contributed by atoms with Crippen molar-refractivity contribution in [2.45, 2.75) is 76.3 Å². The second-order valence-electron chi connectivity index (χ2n) is 9.01. The Labute approximate surface area is 185 Å². The molecule has 0 bridgehead atoms. The van der Waals surface area contributed by atoms with Crippen molar-refractivity contribution in [2.75, 3.05) is 19.6 Å². The second-order valence-corrected chi connectivity index (χ2v) is 10.6. The molecule has 8 nitrogen and oxygen atoms in total. The first-order valence-corrected chi connectivity index (χ1v) is 12.7. The predicted octanol–water partition coefficient (Wildman–Crippen LogP) is 2.41. The van der Waals surface area contributed by atoms with Crippen LogP contribution < -0.4 is 10.5 Å². The number of imidazole rings is 1. The molecular formula is C22H35N5O3S. The summed E-state index contributed by atoms with van der Waals surface area (Å²) in [7, 11) is -3.78. The number of rotatable bonds is 9. The van der Waals surface area contributed by atoms with Crippen molar-refractivity contribution < 1.29 is 13.2 Å². The number of hydrogen-bond donors (Lipinski definition) is 2. The lowest BCUT2D eigenvalue weighted by atomic mass is 9.98. The van der Waals surface area contributed by atoms with Crippen LogP contribution in [-0.2, 0) is 27.8 Å². The van der Waals surface area contributed by atoms with E-state index in [-0.39, 0.29) is 16.3 Å². The molecule has 3 rings (SSSR count). The molecule has 1 amide bonds. The van der Waals surface area contributed by atoms with E-state index in [0.29, 0.717) is 24.9 Å². The lowest BCUT2D eigenvalue weighted by Crippen LogP contribution is -2.53. The van der Waals surface area contributed by atoms with Crippen molar-refractivity contribution in [1.29, 1.82) is 0 Å². The van der Waals surface area contributed by atoms with Crippen molar-refractivity contribution in [2.24, 2.45) is 5.14 Å². The quantitative estimate of drug-likeness (QED) is 0.611. The maximum Gasteiger partial charge on any atom is 0.238 e. The standard InChI is InChI=1S/C22H35N5O3S/c1-4-12-27-19-9-8-17(31(23,29)30)15-18(19)25-20(27)10-11-21(28)24-16-22(2,3)26-13-6-5-7-14-26/h8-9,15H,4-7,10-14,16H2,1-3H3,(H,24,28)(H2,23,29,30). The Bertz CT molecular complexity index is 1020. The van der Waals surface area contributed by atoms with Gasteiger partial charge in [0, 0.05) is 31.5 Å². The Kier molecular flexibility index (Phi) is 7.39. The minimum Gasteiger partial charge on any atom is -0.354 e. The van der Waals surface area contributed by atoms with Crippen LogP contribution in [0.3, 0.4) is 0 Å². The molecule has 9 heteroatoms. The fraction of sp³-hybridized carbons (Fsp3) is 0.636. The van der Waals surface area contributed by atoms with Crippen LogP contribution in [0.4, 0.5) is 0 Å². The molecule has 31 heavy (non-hydrogen) atoms. The van der Waals surface area contributed by atoms with Gasteiger partial charge in [-0.1, -0.05) is 13.3 Å². The Morgan fingerprint density at radius 3 is 2.58 bits per heavy atom. The molecule has 0 radical (unpaired) electrons. The van der Waals surface area contributed by atoms with Crippen molar-refractivity contribution in [1.82, 2.24) is 19.8 Å². The van der Waals surface area contributed by atoms with Crippen LogP contribution in [0.1, 0.15) is 58.7 Å². The van der Waals surface area contributed by atoms with Gasteiger partial charge in [0.1, 0.15) is 5.82 Å². The van der Waals surface area contributed by atoms with E-state index < -0.39 is 10.0 Å². The molecule has 0 atom stereocenters. The highest BCUT2D eigenvalue weighted by atomic mass is 32.2. The third-order valence-corrected chi connectivity index (χ3v) is 6.99. The molecule has 1 saturated heterocycles. The van der Waals surface area contributed by atoms with Crippen LogP contribution in [0.25, 0.3) is 11.0 Å². The number of nitrogens with two attached hydrogens (primary N) is 1. The normalized spacial score (nSPS) is 16.0. The van der Waals surface area contributed by atoms with E-state index in [9.17, 15) is 13.2 Å². The number of amides is 1. The molecule has 2 heterocycles. The van der Waals surface area contributed by atoms with E-state index in [1.165, 1.54) is 31.4 Å². The fourth-order valence-electron chi connectivity index (χ4n) is 4.24. The lowest BCUT2D eigenvalue weighted by Gasteiger charge is -2.41. The van der Waals surface area contributed by atoms with Crippen LogP contribution in [0.15, 0.2) is 23.1 Å². The monoisotopic (exact) mass is 449 g/mol. The van der Waals surface area contributed by atoms with Crippen LogP contribution in [0.2, 0.25) is 0 Å². The highest BCUT2D eigenvalue weighted by Gasteiger charge is 2.28. The Hall–Kier alpha value is -1.97. The SMILES string of the molecule is CCCn1c(CCC(=O)NCC(C)(C)N2CCCCC2)nc2cc(S(N)(=O)=O)ccc21. The molecule has 2 aromatic rings. The summed E-state index contributed by atoms with van der Waals surface area (Å²) in [5.41, 5.74) is 1.38. The first-order chi connectivity index (χ1) is 14.6. The number of aryl methyl sites for hydroxylation is 2. The Balaban J connectivity index is 1.66. The number of primary sulfonamides is 1. The number of nitrogens with one attached hydrogen (secondary N) is 1. The summed E-state index contributed by atoms with van der Waals surface area (Å²) in [6, 6.07) is 4.74. The number of nitrogens with zero attached hydrogens (tertiary/aromatic N) is 3. The van der Waals surface area contributed by atoms with E-state index in [2.05, 4.69) is 40.5 Å². The molecule has 1 aliphatic rings. The number of carbonyl (C=O) groups is 1. The molecule has 0 spiro atoms. The fourth-order valence-corrected chi connectivity index (χ4v) is 4.77. The van der Waals surface area contributed by atoms with Gasteiger partial charge in [-0.25, -0.2) is 18.5 Å². The van der Waals surface area contributed by atoms with Crippen LogP contribution in [-0.4, -0.2) is 53.9 Å². The minimum atomic E-state index is -3.78. The van der Waals surface area contributed by atoms with Crippen molar-refractivity contribution >= 4 is 27.0 Å². The Morgan fingerprint density at radius 1 is 1.23 bits per heavy atom. The highest BCUT2D eigenvalue weighted by molar-refractivity contribution is 7.89. The molecule has 172 valence electrons. The topological polar surface area (TPSA) is 110 Å². The summed E-state index contributed by atoms with van der Waals surface area (Å²) in [6.45, 7) is 9.99. The van der Waals surface area contributed by atoms with Gasteiger partial charge < -0.3 is 9.88 Å². The number of hydrogen-bond acceptors (Lipinski definition) is 5. The molecule has 3 N–H and O–H groups in total. The van der Waals surface area contributed by atoms with Crippen LogP contribution >= 0.6 is 0 Å². The summed E-state index contributed by atoms with van der Waals surface area (Å²) in [5, 5.41) is 8.34. The molecule has 1 aromatic carbocycles. The van der Waals surface area contributed by atoms with Crippen LogP contribution in [0.5, 0.6) is 0 Å². The largest absolute Gasteiger partial charge is 0.354 e. The Morgan fingerprint density at radius 2 is 1.94 bits per heavy atom. The average Bonchev–Trinajstić information content (AvgIpc) is 3.08. The third kappa shape index (κ3) is 5.84. The minimum absolute atomic E-state index is 0.00501. The van der Waals surface area contributed by atoms with Crippen molar-refractivity contribution in [3.05, 3.63) is 24.0 Å². The van der Waals surface area contributed by atoms with E-state index in [1.54, 1.807) is 6.07 Å². The zero-order valence-electron chi connectivity index (χ0n) is 18.9. The maximum atomic E-state index is 12.6. The molecule has 1 fully saturated rings. The smallest absolute Gasteiger partial charge is 0.238 e. The third-order valence-electron chi connectivity index (χ3n) is 6.08. The van der Waals surface area contributed by atoms with Gasteiger partial charge in [0.2, 0.25) is 15.9 Å². The molecule has 1 aromatic heterocycles. The number of benzene rings is 1. The van der Waals surface area contributed by atoms with Gasteiger partial charge in [0.15, 0.2) is 0 Å². The van der Waals surface area contributed by atoms with E-state index in [1.807, 2.05) is 0 Å². The predicted molar refractivity (Wildman–Crippen MR) is 122 cm³/mol. The van der Waals surface area contributed by atoms with Gasteiger partial charge in [-0.15, -0.1) is 0 Å². The lowest BCUT2D eigenvalue weighted by molar-refractivity contribution is -0.121. The van der Waals surface area contributed by atoms with Gasteiger partial charge >= 0.3 is 0 Å². The number of fused-ring (bicyclic) bond motifs is 1. The summed E-state index contributed by atoms with van der Waals surface area (Å²) in [6.07, 6.45) is 5.47. The van der Waals surface area contributed by atoms with E-state index in [0.717, 1.165) is 37.4 Å². The number of carbonyl (C=O) groups excluding carboxylic acids is 1. The van der Waals surface area contributed by atoms with Crippen molar-refractivity contribution in [3.8, 4) is 0 Å². The van der Waals surface area contributed by atoms with E-state index >= 15 is 0 Å². The second kappa shape index (κ2) is 9.67. The summed E-state index contributed by atoms with van der Waals surface area (Å²) >= 11 is 0. The maximum absolute atomic E-state index is 12.6. The van der Waals surface area contributed by atoms with Gasteiger partial charge in [-0.2, -0.15) is 0 Å². The van der Waals surface area contributed by atoms with Gasteiger partial charge in [-0.05, 0) is 64.4 Å². The first kappa shape index (κ1) is 23.7. The molecule has 1 aliphatic heterocycles. The zero-order chi connectivity index (χ0) is 22.6. The van der Waals surface area contributed by atoms with Gasteiger partial charge in [0.05, 0.1) is 15.9 Å². The average molecular weight is 450 g/mol. The van der Waals surface area contributed by atoms with Crippen LogP contribution in [0, 0.1) is 0 Å². The van der Waals surface area contributed by atoms with Gasteiger partial charge in [-0.3, -0.25) is 9.69 Å². The number of aromatic nitrogens is 2. The van der Waals surface area contributed by atoms with Gasteiger partial charge in [0.25, 0.3) is 0 Å². The number of piperidine rings is 1. The molecular weight excluding hydrogens is 414 g/mol. The summed E-state index contributed by atoms with van der Waals surface area (Å²) < 4.78 is 25.4. The number of sulfonamides is 1.